The van der Waals surface area contributed by atoms with Crippen LogP contribution in [0.5, 0.6) is 0 Å². The number of thiazole rings is 1. The molecule has 0 saturated heterocycles. The second-order valence-corrected chi connectivity index (χ2v) is 11.1. The van der Waals surface area contributed by atoms with Crippen LogP contribution in [0.3, 0.4) is 0 Å². The lowest BCUT2D eigenvalue weighted by atomic mass is 10.0. The van der Waals surface area contributed by atoms with Crippen molar-refractivity contribution in [3.05, 3.63) is 41.0 Å². The lowest BCUT2D eigenvalue weighted by molar-refractivity contribution is -0.118. The van der Waals surface area contributed by atoms with E-state index in [2.05, 4.69) is 47.8 Å². The Labute approximate surface area is 207 Å². The lowest BCUT2D eigenvalue weighted by Gasteiger charge is -2.18. The van der Waals surface area contributed by atoms with Crippen LogP contribution in [0.15, 0.2) is 30.6 Å². The lowest BCUT2D eigenvalue weighted by Crippen LogP contribution is -2.31. The molecule has 5 rings (SSSR count). The Morgan fingerprint density at radius 1 is 1.29 bits per heavy atom. The summed E-state index contributed by atoms with van der Waals surface area (Å²) in [5, 5.41) is 13.1. The molecule has 0 atom stereocenters. The van der Waals surface area contributed by atoms with Crippen molar-refractivity contribution in [2.75, 3.05) is 25.0 Å². The molecule has 34 heavy (non-hydrogen) atoms. The van der Waals surface area contributed by atoms with Crippen LogP contribution in [-0.2, 0) is 24.8 Å². The largest absolute Gasteiger partial charge is 0.314 e. The number of anilines is 1. The standard InChI is InChI=1S/C25H30N6OS2/c1-15(2)27-10-8-22(32)31(4)25-23(18-7-9-26-13-21(18)34-25)24-29-19-11-16(5-6-20(19)33-24)17-12-28-30(3)14-17/h5-6,11-12,14-15,26-27H,7-10,13H2,1-4H3. The quantitative estimate of drug-likeness (QED) is 0.398. The molecule has 0 bridgehead atoms. The first kappa shape index (κ1) is 23.2. The number of hydrogen-bond donors (Lipinski definition) is 2. The smallest absolute Gasteiger partial charge is 0.228 e. The second kappa shape index (κ2) is 9.58. The Morgan fingerprint density at radius 2 is 2.15 bits per heavy atom. The molecule has 4 aromatic rings. The van der Waals surface area contributed by atoms with Crippen LogP contribution in [0.25, 0.3) is 31.9 Å². The molecule has 178 valence electrons. The minimum absolute atomic E-state index is 0.126. The highest BCUT2D eigenvalue weighted by atomic mass is 32.1. The van der Waals surface area contributed by atoms with Gasteiger partial charge in [-0.1, -0.05) is 19.9 Å². The van der Waals surface area contributed by atoms with Gasteiger partial charge in [0.25, 0.3) is 0 Å². The van der Waals surface area contributed by atoms with Gasteiger partial charge in [-0.15, -0.1) is 22.7 Å². The van der Waals surface area contributed by atoms with Crippen molar-refractivity contribution in [2.24, 2.45) is 7.05 Å². The van der Waals surface area contributed by atoms with Crippen LogP contribution in [0, 0.1) is 0 Å². The average Bonchev–Trinajstić information content (AvgIpc) is 3.53. The van der Waals surface area contributed by atoms with Crippen molar-refractivity contribution < 1.29 is 4.79 Å². The van der Waals surface area contributed by atoms with Gasteiger partial charge in [-0.3, -0.25) is 9.48 Å². The molecule has 2 N–H and O–H groups in total. The highest BCUT2D eigenvalue weighted by molar-refractivity contribution is 7.23. The zero-order valence-corrected chi connectivity index (χ0v) is 21.6. The number of aryl methyl sites for hydroxylation is 1. The maximum absolute atomic E-state index is 13.0. The topological polar surface area (TPSA) is 75.1 Å². The molecule has 3 aromatic heterocycles. The van der Waals surface area contributed by atoms with Gasteiger partial charge in [0, 0.05) is 61.8 Å². The third kappa shape index (κ3) is 4.53. The van der Waals surface area contributed by atoms with E-state index in [0.29, 0.717) is 19.0 Å². The summed E-state index contributed by atoms with van der Waals surface area (Å²) in [6.07, 6.45) is 5.32. The minimum Gasteiger partial charge on any atom is -0.314 e. The Morgan fingerprint density at radius 3 is 2.91 bits per heavy atom. The zero-order chi connectivity index (χ0) is 23.8. The highest BCUT2D eigenvalue weighted by Gasteiger charge is 2.27. The summed E-state index contributed by atoms with van der Waals surface area (Å²) in [6.45, 7) is 6.67. The van der Waals surface area contributed by atoms with E-state index in [1.165, 1.54) is 10.4 Å². The van der Waals surface area contributed by atoms with Crippen LogP contribution in [0.4, 0.5) is 5.00 Å². The Kier molecular flexibility index (Phi) is 6.52. The number of hydrogen-bond acceptors (Lipinski definition) is 7. The number of benzene rings is 1. The number of rotatable bonds is 7. The minimum atomic E-state index is 0.126. The van der Waals surface area contributed by atoms with Gasteiger partial charge in [-0.2, -0.15) is 5.10 Å². The highest BCUT2D eigenvalue weighted by Crippen LogP contribution is 2.46. The monoisotopic (exact) mass is 494 g/mol. The molecule has 0 saturated carbocycles. The predicted molar refractivity (Wildman–Crippen MR) is 142 cm³/mol. The predicted octanol–water partition coefficient (Wildman–Crippen LogP) is 4.42. The number of aromatic nitrogens is 3. The third-order valence-electron chi connectivity index (χ3n) is 6.12. The molecule has 0 spiro atoms. The van der Waals surface area contributed by atoms with Gasteiger partial charge < -0.3 is 15.5 Å². The summed E-state index contributed by atoms with van der Waals surface area (Å²) in [5.74, 6) is 0.126. The van der Waals surface area contributed by atoms with Crippen molar-refractivity contribution in [1.29, 1.82) is 0 Å². The molecular weight excluding hydrogens is 464 g/mol. The maximum atomic E-state index is 13.0. The fraction of sp³-hybridized carbons (Fsp3) is 0.400. The molecule has 7 nitrogen and oxygen atoms in total. The van der Waals surface area contributed by atoms with E-state index in [1.807, 2.05) is 36.1 Å². The molecule has 0 aliphatic carbocycles. The zero-order valence-electron chi connectivity index (χ0n) is 20.0. The summed E-state index contributed by atoms with van der Waals surface area (Å²) in [5.41, 5.74) is 5.65. The van der Waals surface area contributed by atoms with E-state index in [9.17, 15) is 4.79 Å². The normalized spacial score (nSPS) is 13.6. The second-order valence-electron chi connectivity index (χ2n) is 9.03. The van der Waals surface area contributed by atoms with E-state index in [1.54, 1.807) is 22.7 Å². The van der Waals surface area contributed by atoms with Gasteiger partial charge >= 0.3 is 0 Å². The van der Waals surface area contributed by atoms with Crippen LogP contribution < -0.4 is 15.5 Å². The van der Waals surface area contributed by atoms with Gasteiger partial charge in [-0.25, -0.2) is 4.98 Å². The number of thiophene rings is 1. The fourth-order valence-electron chi connectivity index (χ4n) is 4.31. The number of fused-ring (bicyclic) bond motifs is 2. The van der Waals surface area contributed by atoms with Crippen LogP contribution >= 0.6 is 22.7 Å². The van der Waals surface area contributed by atoms with Gasteiger partial charge in [0.1, 0.15) is 10.0 Å². The van der Waals surface area contributed by atoms with Crippen molar-refractivity contribution in [3.8, 4) is 21.7 Å². The molecule has 9 heteroatoms. The molecule has 0 radical (unpaired) electrons. The van der Waals surface area contributed by atoms with E-state index < -0.39 is 0 Å². The summed E-state index contributed by atoms with van der Waals surface area (Å²) < 4.78 is 2.96. The Hall–Kier alpha value is -2.59. The number of nitrogens with one attached hydrogen (secondary N) is 2. The number of carbonyl (C=O) groups excluding carboxylic acids is 1. The van der Waals surface area contributed by atoms with Crippen molar-refractivity contribution in [3.63, 3.8) is 0 Å². The Balaban J connectivity index is 1.52. The van der Waals surface area contributed by atoms with E-state index in [-0.39, 0.29) is 5.91 Å². The van der Waals surface area contributed by atoms with E-state index >= 15 is 0 Å². The molecular formula is C25H30N6OS2. The summed E-state index contributed by atoms with van der Waals surface area (Å²) in [6, 6.07) is 6.78. The molecule has 4 heterocycles. The van der Waals surface area contributed by atoms with Crippen molar-refractivity contribution >= 4 is 43.8 Å². The van der Waals surface area contributed by atoms with Crippen LogP contribution in [-0.4, -0.2) is 46.9 Å². The van der Waals surface area contributed by atoms with Crippen LogP contribution in [0.1, 0.15) is 30.7 Å². The summed E-state index contributed by atoms with van der Waals surface area (Å²) >= 11 is 3.43. The molecule has 1 aliphatic rings. The summed E-state index contributed by atoms with van der Waals surface area (Å²) in [4.78, 5) is 21.3. The van der Waals surface area contributed by atoms with E-state index in [4.69, 9.17) is 4.98 Å². The van der Waals surface area contributed by atoms with Crippen molar-refractivity contribution in [2.45, 2.75) is 39.3 Å². The van der Waals surface area contributed by atoms with Crippen molar-refractivity contribution in [1.82, 2.24) is 25.4 Å². The van der Waals surface area contributed by atoms with Gasteiger partial charge in [0.2, 0.25) is 5.91 Å². The first-order chi connectivity index (χ1) is 16.4. The number of carbonyl (C=O) groups is 1. The fourth-order valence-corrected chi connectivity index (χ4v) is 6.69. The SMILES string of the molecule is CC(C)NCCC(=O)N(C)c1sc2c(c1-c1nc3cc(-c4cnn(C)c4)ccc3s1)CCNC2. The third-order valence-corrected chi connectivity index (χ3v) is 8.48. The Bertz CT molecular complexity index is 1330. The maximum Gasteiger partial charge on any atom is 0.228 e. The van der Waals surface area contributed by atoms with Crippen LogP contribution in [0.2, 0.25) is 0 Å². The van der Waals surface area contributed by atoms with E-state index in [0.717, 1.165) is 56.4 Å². The molecule has 0 fully saturated rings. The molecule has 0 unspecified atom stereocenters. The average molecular weight is 495 g/mol. The molecule has 1 aliphatic heterocycles. The first-order valence-corrected chi connectivity index (χ1v) is 13.3. The number of nitrogens with zero attached hydrogens (tertiary/aromatic N) is 4. The first-order valence-electron chi connectivity index (χ1n) is 11.7. The molecule has 1 aromatic carbocycles. The van der Waals surface area contributed by atoms with Gasteiger partial charge in [0.05, 0.1) is 16.4 Å². The number of amides is 1. The van der Waals surface area contributed by atoms with Gasteiger partial charge in [0.15, 0.2) is 0 Å². The van der Waals surface area contributed by atoms with Gasteiger partial charge in [-0.05, 0) is 36.2 Å². The summed E-state index contributed by atoms with van der Waals surface area (Å²) in [7, 11) is 3.83. The molecule has 1 amide bonds.